The zero-order chi connectivity index (χ0) is 10.1. The smallest absolute Gasteiger partial charge is 0.196 e. The van der Waals surface area contributed by atoms with E-state index in [0.29, 0.717) is 5.52 Å². The molecule has 1 aromatic carbocycles. The van der Waals surface area contributed by atoms with E-state index in [9.17, 15) is 9.18 Å². The number of carbonyl (C=O) groups is 1. The molecule has 0 fully saturated rings. The second-order valence-corrected chi connectivity index (χ2v) is 2.95. The molecule has 0 bridgehead atoms. The highest BCUT2D eigenvalue weighted by molar-refractivity contribution is 5.92. The maximum Gasteiger partial charge on any atom is 0.196 e. The Morgan fingerprint density at radius 2 is 2.21 bits per heavy atom. The van der Waals surface area contributed by atoms with E-state index in [2.05, 4.69) is 9.97 Å². The molecule has 0 aliphatic carbocycles. The molecule has 4 heteroatoms. The third-order valence-corrected chi connectivity index (χ3v) is 1.86. The normalized spacial score (nSPS) is 10.4. The lowest BCUT2D eigenvalue weighted by molar-refractivity contribution is 0.100. The average molecular weight is 190 g/mol. The molecule has 0 aliphatic heterocycles. The van der Waals surface area contributed by atoms with Gasteiger partial charge in [0.05, 0.1) is 5.52 Å². The summed E-state index contributed by atoms with van der Waals surface area (Å²) in [6, 6.07) is 4.19. The van der Waals surface area contributed by atoms with Crippen LogP contribution in [0.15, 0.2) is 24.4 Å². The summed E-state index contributed by atoms with van der Waals surface area (Å²) in [5, 5.41) is 0.719. The van der Waals surface area contributed by atoms with Gasteiger partial charge in [-0.25, -0.2) is 14.4 Å². The quantitative estimate of drug-likeness (QED) is 0.645. The molecule has 1 aromatic heterocycles. The van der Waals surface area contributed by atoms with Crippen molar-refractivity contribution in [3.63, 3.8) is 0 Å². The average Bonchev–Trinajstić information content (AvgIpc) is 2.16. The van der Waals surface area contributed by atoms with Gasteiger partial charge in [0.15, 0.2) is 11.6 Å². The topological polar surface area (TPSA) is 42.9 Å². The summed E-state index contributed by atoms with van der Waals surface area (Å²) in [5.41, 5.74) is 0.449. The highest BCUT2D eigenvalue weighted by Crippen LogP contribution is 2.12. The Kier molecular flexibility index (Phi) is 1.96. The highest BCUT2D eigenvalue weighted by atomic mass is 19.1. The molecular formula is C10H7FN2O. The van der Waals surface area contributed by atoms with Crippen molar-refractivity contribution in [2.24, 2.45) is 0 Å². The maximum atomic E-state index is 12.8. The van der Waals surface area contributed by atoms with E-state index in [1.165, 1.54) is 25.3 Å². The fraction of sp³-hybridized carbons (Fsp3) is 0.100. The van der Waals surface area contributed by atoms with Crippen LogP contribution in [0, 0.1) is 5.82 Å². The Bertz CT molecular complexity index is 510. The standard InChI is InChI=1S/C10H7FN2O/c1-6(14)10-12-5-7-2-3-8(11)4-9(7)13-10/h2-5H,1H3. The molecule has 0 radical (unpaired) electrons. The van der Waals surface area contributed by atoms with Gasteiger partial charge in [0.1, 0.15) is 5.82 Å². The minimum absolute atomic E-state index is 0.114. The van der Waals surface area contributed by atoms with E-state index < -0.39 is 0 Å². The lowest BCUT2D eigenvalue weighted by atomic mass is 10.2. The first-order chi connectivity index (χ1) is 6.66. The third kappa shape index (κ3) is 1.46. The van der Waals surface area contributed by atoms with E-state index in [1.54, 1.807) is 6.07 Å². The van der Waals surface area contributed by atoms with E-state index in [0.717, 1.165) is 5.39 Å². The SMILES string of the molecule is CC(=O)c1ncc2ccc(F)cc2n1. The summed E-state index contributed by atoms with van der Waals surface area (Å²) in [7, 11) is 0. The summed E-state index contributed by atoms with van der Waals surface area (Å²) < 4.78 is 12.8. The molecule has 70 valence electrons. The summed E-state index contributed by atoms with van der Waals surface area (Å²) in [4.78, 5) is 18.7. The van der Waals surface area contributed by atoms with Gasteiger partial charge in [-0.15, -0.1) is 0 Å². The lowest BCUT2D eigenvalue weighted by Crippen LogP contribution is -2.00. The van der Waals surface area contributed by atoms with E-state index in [-0.39, 0.29) is 17.4 Å². The predicted molar refractivity (Wildman–Crippen MR) is 49.5 cm³/mol. The maximum absolute atomic E-state index is 12.8. The lowest BCUT2D eigenvalue weighted by Gasteiger charge is -1.98. The fourth-order valence-corrected chi connectivity index (χ4v) is 1.17. The van der Waals surface area contributed by atoms with Crippen LogP contribution in [0.1, 0.15) is 17.5 Å². The Balaban J connectivity index is 2.69. The van der Waals surface area contributed by atoms with Crippen LogP contribution < -0.4 is 0 Å². The first-order valence-corrected chi connectivity index (χ1v) is 4.10. The van der Waals surface area contributed by atoms with Crippen LogP contribution in [0.3, 0.4) is 0 Å². The Morgan fingerprint density at radius 3 is 2.93 bits per heavy atom. The third-order valence-electron chi connectivity index (χ3n) is 1.86. The number of rotatable bonds is 1. The van der Waals surface area contributed by atoms with Crippen molar-refractivity contribution in [3.8, 4) is 0 Å². The van der Waals surface area contributed by atoms with Crippen molar-refractivity contribution >= 4 is 16.7 Å². The summed E-state index contributed by atoms with van der Waals surface area (Å²) in [6.07, 6.45) is 1.51. The van der Waals surface area contributed by atoms with Crippen LogP contribution in [0.5, 0.6) is 0 Å². The summed E-state index contributed by atoms with van der Waals surface area (Å²) in [6.45, 7) is 1.38. The van der Waals surface area contributed by atoms with Crippen LogP contribution in [0.25, 0.3) is 10.9 Å². The molecule has 14 heavy (non-hydrogen) atoms. The first kappa shape index (κ1) is 8.74. The van der Waals surface area contributed by atoms with Gasteiger partial charge in [-0.05, 0) is 12.1 Å². The summed E-state index contributed by atoms with van der Waals surface area (Å²) >= 11 is 0. The van der Waals surface area contributed by atoms with Crippen molar-refractivity contribution < 1.29 is 9.18 Å². The van der Waals surface area contributed by atoms with Gasteiger partial charge in [0.2, 0.25) is 0 Å². The molecule has 0 aliphatic rings. The number of fused-ring (bicyclic) bond motifs is 1. The number of benzene rings is 1. The number of carbonyl (C=O) groups excluding carboxylic acids is 1. The highest BCUT2D eigenvalue weighted by Gasteiger charge is 2.04. The molecule has 0 unspecified atom stereocenters. The van der Waals surface area contributed by atoms with Crippen molar-refractivity contribution in [2.45, 2.75) is 6.92 Å². The van der Waals surface area contributed by atoms with Gasteiger partial charge >= 0.3 is 0 Å². The molecule has 2 rings (SSSR count). The Labute approximate surface area is 79.6 Å². The number of nitrogens with zero attached hydrogens (tertiary/aromatic N) is 2. The molecule has 0 saturated carbocycles. The Hall–Kier alpha value is -1.84. The van der Waals surface area contributed by atoms with Crippen LogP contribution in [0.2, 0.25) is 0 Å². The van der Waals surface area contributed by atoms with Crippen LogP contribution in [-0.2, 0) is 0 Å². The number of Topliss-reactive ketones (excluding diaryl/α,β-unsaturated/α-hetero) is 1. The Morgan fingerprint density at radius 1 is 1.43 bits per heavy atom. The zero-order valence-corrected chi connectivity index (χ0v) is 7.49. The molecule has 1 heterocycles. The molecule has 3 nitrogen and oxygen atoms in total. The molecule has 0 N–H and O–H groups in total. The molecule has 0 saturated heterocycles. The molecule has 0 atom stereocenters. The van der Waals surface area contributed by atoms with Crippen LogP contribution in [0.4, 0.5) is 4.39 Å². The molecule has 0 spiro atoms. The number of hydrogen-bond donors (Lipinski definition) is 0. The van der Waals surface area contributed by atoms with Gasteiger partial charge in [0.25, 0.3) is 0 Å². The van der Waals surface area contributed by atoms with Gasteiger partial charge < -0.3 is 0 Å². The molecule has 2 aromatic rings. The minimum atomic E-state index is -0.370. The largest absolute Gasteiger partial charge is 0.291 e. The predicted octanol–water partition coefficient (Wildman–Crippen LogP) is 1.97. The van der Waals surface area contributed by atoms with Gasteiger partial charge in [-0.2, -0.15) is 0 Å². The van der Waals surface area contributed by atoms with Crippen molar-refractivity contribution in [1.82, 2.24) is 9.97 Å². The van der Waals surface area contributed by atoms with Gasteiger partial charge in [0, 0.05) is 24.6 Å². The second-order valence-electron chi connectivity index (χ2n) is 2.95. The molecular weight excluding hydrogens is 183 g/mol. The van der Waals surface area contributed by atoms with Crippen molar-refractivity contribution in [3.05, 3.63) is 36.0 Å². The zero-order valence-electron chi connectivity index (χ0n) is 7.49. The van der Waals surface area contributed by atoms with Crippen molar-refractivity contribution in [2.75, 3.05) is 0 Å². The second kappa shape index (κ2) is 3.14. The van der Waals surface area contributed by atoms with E-state index in [4.69, 9.17) is 0 Å². The number of halogens is 1. The van der Waals surface area contributed by atoms with Crippen LogP contribution in [-0.4, -0.2) is 15.8 Å². The van der Waals surface area contributed by atoms with Gasteiger partial charge in [-0.1, -0.05) is 0 Å². The first-order valence-electron chi connectivity index (χ1n) is 4.10. The minimum Gasteiger partial charge on any atom is -0.291 e. The molecule has 0 amide bonds. The monoisotopic (exact) mass is 190 g/mol. The van der Waals surface area contributed by atoms with Crippen LogP contribution >= 0.6 is 0 Å². The van der Waals surface area contributed by atoms with Gasteiger partial charge in [-0.3, -0.25) is 4.79 Å². The fourth-order valence-electron chi connectivity index (χ4n) is 1.17. The number of hydrogen-bond acceptors (Lipinski definition) is 3. The summed E-state index contributed by atoms with van der Waals surface area (Å²) in [5.74, 6) is -0.482. The van der Waals surface area contributed by atoms with Crippen molar-refractivity contribution in [1.29, 1.82) is 0 Å². The van der Waals surface area contributed by atoms with E-state index >= 15 is 0 Å². The number of aromatic nitrogens is 2. The number of ketones is 1. The van der Waals surface area contributed by atoms with E-state index in [1.807, 2.05) is 0 Å².